The fraction of sp³-hybridized carbons (Fsp3) is 0.0667. The van der Waals surface area contributed by atoms with Crippen LogP contribution in [0.1, 0.15) is 5.56 Å². The van der Waals surface area contributed by atoms with Crippen LogP contribution in [0.2, 0.25) is 0 Å². The number of nitrogens with zero attached hydrogens (tertiary/aromatic N) is 3. The first-order chi connectivity index (χ1) is 10.8. The molecular weight excluding hydrogens is 318 g/mol. The van der Waals surface area contributed by atoms with Crippen LogP contribution in [-0.4, -0.2) is 31.5 Å². The minimum atomic E-state index is -4.19. The second-order valence-electron chi connectivity index (χ2n) is 5.11. The maximum Gasteiger partial charge on any atom is 0.355 e. The highest BCUT2D eigenvalue weighted by molar-refractivity contribution is 7.91. The largest absolute Gasteiger partial charge is 0.502 e. The molecule has 1 aliphatic rings. The van der Waals surface area contributed by atoms with Crippen LogP contribution >= 0.6 is 0 Å². The number of aromatic nitrogens is 1. The van der Waals surface area contributed by atoms with Crippen molar-refractivity contribution >= 4 is 27.4 Å². The molecule has 1 aromatic carbocycles. The van der Waals surface area contributed by atoms with Gasteiger partial charge in [-0.15, -0.1) is 3.89 Å². The maximum absolute atomic E-state index is 13.1. The number of carbonyl (C=O) groups excluding carboxylic acids is 1. The van der Waals surface area contributed by atoms with Gasteiger partial charge in [0.25, 0.3) is 5.70 Å². The molecule has 0 saturated heterocycles. The predicted molar refractivity (Wildman–Crippen MR) is 82.3 cm³/mol. The van der Waals surface area contributed by atoms with Gasteiger partial charge in [0.2, 0.25) is 0 Å². The fourth-order valence-corrected chi connectivity index (χ4v) is 4.53. The minimum Gasteiger partial charge on any atom is -0.502 e. The zero-order valence-electron chi connectivity index (χ0n) is 12.0. The first kappa shape index (κ1) is 15.2. The van der Waals surface area contributed by atoms with Gasteiger partial charge < -0.3 is 5.11 Å². The number of pyridine rings is 1. The summed E-state index contributed by atoms with van der Waals surface area (Å²) in [6.45, 7) is 0. The Morgan fingerprint density at radius 2 is 1.87 bits per heavy atom. The quantitative estimate of drug-likeness (QED) is 0.834. The third-order valence-corrected chi connectivity index (χ3v) is 6.14. The Morgan fingerprint density at radius 3 is 2.48 bits per heavy atom. The van der Waals surface area contributed by atoms with Crippen molar-refractivity contribution in [3.8, 4) is 0 Å². The molecule has 1 amide bonds. The number of amides is 1. The van der Waals surface area contributed by atoms with E-state index in [-0.39, 0.29) is 16.1 Å². The molecule has 23 heavy (non-hydrogen) atoms. The lowest BCUT2D eigenvalue weighted by Gasteiger charge is -2.35. The summed E-state index contributed by atoms with van der Waals surface area (Å²) in [5.41, 5.74) is 9.05. The zero-order valence-corrected chi connectivity index (χ0v) is 12.9. The average Bonchev–Trinajstić information content (AvgIpc) is 2.54. The van der Waals surface area contributed by atoms with Gasteiger partial charge in [-0.3, -0.25) is 9.78 Å². The molecule has 116 valence electrons. The van der Waals surface area contributed by atoms with E-state index >= 15 is 0 Å². The standard InChI is InChI=1S/C15H11N3O4S/c1-18(10-5-3-2-4-6-10)13(15(16)20)14(19)11-7-8-17-9-12(11)23(18,21)22/h2-9H,1H3/p+1. The second-order valence-corrected chi connectivity index (χ2v) is 7.23. The number of para-hydroxylation sites is 1. The van der Waals surface area contributed by atoms with E-state index in [1.807, 2.05) is 0 Å². The van der Waals surface area contributed by atoms with Crippen molar-refractivity contribution in [3.05, 3.63) is 60.1 Å². The van der Waals surface area contributed by atoms with Crippen molar-refractivity contribution in [1.82, 2.24) is 14.6 Å². The first-order valence-electron chi connectivity index (χ1n) is 6.60. The molecule has 1 atom stereocenters. The van der Waals surface area contributed by atoms with Crippen LogP contribution in [0.5, 0.6) is 0 Å². The lowest BCUT2D eigenvalue weighted by Crippen LogP contribution is -2.54. The molecule has 2 aromatic rings. The second kappa shape index (κ2) is 4.90. The first-order valence-corrected chi connectivity index (χ1v) is 8.04. The maximum atomic E-state index is 13.1. The summed E-state index contributed by atoms with van der Waals surface area (Å²) in [7, 11) is -2.96. The highest BCUT2D eigenvalue weighted by Gasteiger charge is 2.55. The van der Waals surface area contributed by atoms with E-state index in [1.165, 1.54) is 31.4 Å². The monoisotopic (exact) mass is 330 g/mol. The van der Waals surface area contributed by atoms with E-state index in [9.17, 15) is 24.1 Å². The summed E-state index contributed by atoms with van der Waals surface area (Å²) < 4.78 is 25.1. The van der Waals surface area contributed by atoms with E-state index in [0.717, 1.165) is 6.20 Å². The van der Waals surface area contributed by atoms with E-state index in [4.69, 9.17) is 0 Å². The van der Waals surface area contributed by atoms with Crippen LogP contribution in [0.3, 0.4) is 0 Å². The van der Waals surface area contributed by atoms with Crippen LogP contribution in [0, 0.1) is 0 Å². The van der Waals surface area contributed by atoms with E-state index in [2.05, 4.69) is 4.98 Å². The summed E-state index contributed by atoms with van der Waals surface area (Å²) in [4.78, 5) is 15.3. The number of benzene rings is 1. The average molecular weight is 330 g/mol. The molecule has 0 spiro atoms. The molecule has 7 nitrogen and oxygen atoms in total. The number of fused-ring (bicyclic) bond motifs is 1. The predicted octanol–water partition coefficient (Wildman–Crippen LogP) is 1.24. The fourth-order valence-electron chi connectivity index (χ4n) is 2.69. The van der Waals surface area contributed by atoms with E-state index < -0.39 is 31.3 Å². The Hall–Kier alpha value is -2.71. The number of rotatable bonds is 2. The summed E-state index contributed by atoms with van der Waals surface area (Å²) in [5.74, 6) is -2.10. The van der Waals surface area contributed by atoms with Gasteiger partial charge in [0.05, 0.1) is 18.8 Å². The SMILES string of the molecule is C[N+]1(c2ccccc2)C(C([N])=O)=C(O)c2ccncc2S1(=O)=O. The molecule has 3 rings (SSSR count). The Balaban J connectivity index is 2.49. The van der Waals surface area contributed by atoms with Crippen molar-refractivity contribution < 1.29 is 18.3 Å². The third-order valence-electron chi connectivity index (χ3n) is 3.90. The van der Waals surface area contributed by atoms with Crippen LogP contribution in [0.4, 0.5) is 5.69 Å². The van der Waals surface area contributed by atoms with Gasteiger partial charge >= 0.3 is 15.9 Å². The molecule has 0 fully saturated rings. The van der Waals surface area contributed by atoms with Gasteiger partial charge in [0, 0.05) is 18.3 Å². The van der Waals surface area contributed by atoms with Crippen LogP contribution in [-0.2, 0) is 14.8 Å². The van der Waals surface area contributed by atoms with Crippen LogP contribution in [0.25, 0.3) is 5.76 Å². The molecule has 1 aliphatic heterocycles. The summed E-state index contributed by atoms with van der Waals surface area (Å²) >= 11 is 0. The highest BCUT2D eigenvalue weighted by Crippen LogP contribution is 2.43. The van der Waals surface area contributed by atoms with Crippen molar-refractivity contribution in [2.75, 3.05) is 7.05 Å². The Labute approximate surface area is 132 Å². The minimum absolute atomic E-state index is 0.0658. The van der Waals surface area contributed by atoms with Gasteiger partial charge in [0.15, 0.2) is 16.3 Å². The highest BCUT2D eigenvalue weighted by atomic mass is 32.2. The normalized spacial score (nSPS) is 22.5. The number of carbonyl (C=O) groups is 1. The number of likely N-dealkylation sites (N-methyl/N-ethyl adjacent to an activating group) is 1. The van der Waals surface area contributed by atoms with Gasteiger partial charge in [-0.05, 0) is 6.07 Å². The Morgan fingerprint density at radius 1 is 1.22 bits per heavy atom. The smallest absolute Gasteiger partial charge is 0.355 e. The molecule has 1 aromatic heterocycles. The zero-order chi connectivity index (χ0) is 16.8. The number of aliphatic hydroxyl groups excluding tert-OH is 1. The molecule has 0 bridgehead atoms. The number of aliphatic hydroxyl groups is 1. The lowest BCUT2D eigenvalue weighted by molar-refractivity contribution is -0.116. The topological polar surface area (TPSA) is 107 Å². The molecule has 1 unspecified atom stereocenters. The molecule has 2 heterocycles. The molecular formula is C15H12N3O4S+. The van der Waals surface area contributed by atoms with Gasteiger partial charge in [-0.1, -0.05) is 23.9 Å². The Kier molecular flexibility index (Phi) is 3.24. The number of hydrogen-bond donors (Lipinski definition) is 1. The Bertz CT molecular complexity index is 938. The molecule has 8 heteroatoms. The van der Waals surface area contributed by atoms with Crippen LogP contribution < -0.4 is 9.62 Å². The van der Waals surface area contributed by atoms with Crippen molar-refractivity contribution in [2.24, 2.45) is 0 Å². The summed E-state index contributed by atoms with van der Waals surface area (Å²) in [6.07, 6.45) is 2.40. The lowest BCUT2D eigenvalue weighted by atomic mass is 10.1. The van der Waals surface area contributed by atoms with Crippen molar-refractivity contribution in [2.45, 2.75) is 4.90 Å². The molecule has 2 radical (unpaired) electrons. The number of hydrogen-bond acceptors (Lipinski definition) is 5. The van der Waals surface area contributed by atoms with Crippen LogP contribution in [0.15, 0.2) is 59.4 Å². The van der Waals surface area contributed by atoms with Gasteiger partial charge in [0.1, 0.15) is 0 Å². The van der Waals surface area contributed by atoms with Crippen molar-refractivity contribution in [3.63, 3.8) is 0 Å². The summed E-state index contributed by atoms with van der Waals surface area (Å²) in [6, 6.07) is 9.16. The third kappa shape index (κ3) is 1.89. The molecule has 1 N–H and O–H groups in total. The number of quaternary nitrogens is 1. The number of sulfonamides is 1. The summed E-state index contributed by atoms with van der Waals surface area (Å²) in [5, 5.41) is 10.4. The van der Waals surface area contributed by atoms with Gasteiger partial charge in [-0.25, -0.2) is 0 Å². The van der Waals surface area contributed by atoms with E-state index in [1.54, 1.807) is 18.2 Å². The van der Waals surface area contributed by atoms with E-state index in [0.29, 0.717) is 0 Å². The van der Waals surface area contributed by atoms with Gasteiger partial charge in [-0.2, -0.15) is 8.42 Å². The molecule has 0 aliphatic carbocycles. The molecule has 0 saturated carbocycles. The van der Waals surface area contributed by atoms with Crippen molar-refractivity contribution in [1.29, 1.82) is 0 Å².